The van der Waals surface area contributed by atoms with Crippen LogP contribution in [0.2, 0.25) is 0 Å². The summed E-state index contributed by atoms with van der Waals surface area (Å²) in [7, 11) is 0. The van der Waals surface area contributed by atoms with Gasteiger partial charge in [0, 0.05) is 25.4 Å². The predicted molar refractivity (Wildman–Crippen MR) is 71.6 cm³/mol. The van der Waals surface area contributed by atoms with Gasteiger partial charge in [0.05, 0.1) is 11.4 Å². The van der Waals surface area contributed by atoms with E-state index in [1.807, 2.05) is 47.3 Å². The lowest BCUT2D eigenvalue weighted by Gasteiger charge is -2.10. The van der Waals surface area contributed by atoms with Crippen molar-refractivity contribution in [3.8, 4) is 5.69 Å². The molecule has 0 aliphatic carbocycles. The van der Waals surface area contributed by atoms with Gasteiger partial charge in [-0.3, -0.25) is 0 Å². The normalized spacial score (nSPS) is 12.6. The summed E-state index contributed by atoms with van der Waals surface area (Å²) >= 11 is 0. The number of hydrogen-bond acceptors (Lipinski definition) is 3. The van der Waals surface area contributed by atoms with Gasteiger partial charge in [-0.15, -0.1) is 0 Å². The molecule has 1 aromatic carbocycles. The van der Waals surface area contributed by atoms with E-state index >= 15 is 0 Å². The molecule has 1 atom stereocenters. The molecule has 4 nitrogen and oxygen atoms in total. The number of para-hydroxylation sites is 1. The van der Waals surface area contributed by atoms with E-state index in [4.69, 9.17) is 5.11 Å². The molecule has 0 aliphatic heterocycles. The fourth-order valence-corrected chi connectivity index (χ4v) is 1.76. The van der Waals surface area contributed by atoms with Crippen molar-refractivity contribution in [1.29, 1.82) is 0 Å². The second-order valence-electron chi connectivity index (χ2n) is 4.38. The lowest BCUT2D eigenvalue weighted by molar-refractivity contribution is 0.268. The van der Waals surface area contributed by atoms with Crippen LogP contribution in [0.5, 0.6) is 0 Å². The Morgan fingerprint density at radius 2 is 2.06 bits per heavy atom. The van der Waals surface area contributed by atoms with Crippen LogP contribution in [0.4, 0.5) is 0 Å². The molecule has 0 fully saturated rings. The average Bonchev–Trinajstić information content (AvgIpc) is 2.87. The number of benzene rings is 1. The molecule has 96 valence electrons. The fraction of sp³-hybridized carbons (Fsp3) is 0.357. The van der Waals surface area contributed by atoms with Crippen LogP contribution in [0.1, 0.15) is 19.0 Å². The maximum atomic E-state index is 8.83. The summed E-state index contributed by atoms with van der Waals surface area (Å²) in [6.45, 7) is 3.00. The van der Waals surface area contributed by atoms with E-state index in [2.05, 4.69) is 17.3 Å². The van der Waals surface area contributed by atoms with Gasteiger partial charge >= 0.3 is 0 Å². The smallest absolute Gasteiger partial charge is 0.0766 e. The van der Waals surface area contributed by atoms with Gasteiger partial charge in [0.1, 0.15) is 0 Å². The van der Waals surface area contributed by atoms with Crippen molar-refractivity contribution >= 4 is 0 Å². The van der Waals surface area contributed by atoms with E-state index in [9.17, 15) is 0 Å². The molecule has 2 aromatic rings. The number of nitrogens with one attached hydrogen (secondary N) is 1. The molecule has 0 amide bonds. The van der Waals surface area contributed by atoms with Gasteiger partial charge in [-0.2, -0.15) is 5.10 Å². The minimum atomic E-state index is 0.215. The highest BCUT2D eigenvalue weighted by molar-refractivity contribution is 5.30. The van der Waals surface area contributed by atoms with Crippen LogP contribution in [-0.2, 0) is 6.54 Å². The number of hydrogen-bond donors (Lipinski definition) is 2. The van der Waals surface area contributed by atoms with Crippen LogP contribution >= 0.6 is 0 Å². The Labute approximate surface area is 107 Å². The molecule has 0 spiro atoms. The highest BCUT2D eigenvalue weighted by Gasteiger charge is 2.03. The standard InChI is InChI=1S/C14H19N3O/c1-12(8-10-18)15-11-13-7-9-17(16-13)14-5-3-2-4-6-14/h2-7,9,12,15,18H,8,10-11H2,1H3. The molecule has 2 N–H and O–H groups in total. The Bertz CT molecular complexity index is 467. The maximum Gasteiger partial charge on any atom is 0.0766 e. The third-order valence-corrected chi connectivity index (χ3v) is 2.86. The zero-order valence-electron chi connectivity index (χ0n) is 10.6. The zero-order valence-corrected chi connectivity index (χ0v) is 10.6. The van der Waals surface area contributed by atoms with Crippen molar-refractivity contribution in [3.63, 3.8) is 0 Å². The van der Waals surface area contributed by atoms with Crippen LogP contribution < -0.4 is 5.32 Å². The first-order valence-corrected chi connectivity index (χ1v) is 6.24. The molecule has 1 unspecified atom stereocenters. The van der Waals surface area contributed by atoms with Crippen LogP contribution in [0.15, 0.2) is 42.6 Å². The van der Waals surface area contributed by atoms with E-state index in [0.29, 0.717) is 6.04 Å². The molecule has 18 heavy (non-hydrogen) atoms. The second-order valence-corrected chi connectivity index (χ2v) is 4.38. The number of nitrogens with zero attached hydrogens (tertiary/aromatic N) is 2. The molecule has 0 saturated carbocycles. The molecule has 0 aliphatic rings. The number of aromatic nitrogens is 2. The molecule has 0 bridgehead atoms. The van der Waals surface area contributed by atoms with Crippen LogP contribution in [0.25, 0.3) is 5.69 Å². The van der Waals surface area contributed by atoms with E-state index in [0.717, 1.165) is 24.3 Å². The summed E-state index contributed by atoms with van der Waals surface area (Å²) in [6.07, 6.45) is 2.72. The first-order valence-electron chi connectivity index (χ1n) is 6.24. The summed E-state index contributed by atoms with van der Waals surface area (Å²) in [5, 5.41) is 16.7. The number of aliphatic hydroxyl groups is 1. The van der Waals surface area contributed by atoms with E-state index < -0.39 is 0 Å². The number of aliphatic hydroxyl groups excluding tert-OH is 1. The molecular weight excluding hydrogens is 226 g/mol. The Balaban J connectivity index is 1.95. The molecular formula is C14H19N3O. The summed E-state index contributed by atoms with van der Waals surface area (Å²) in [6, 6.07) is 12.3. The SMILES string of the molecule is CC(CCO)NCc1ccn(-c2ccccc2)n1. The predicted octanol–water partition coefficient (Wildman–Crippen LogP) is 1.73. The number of rotatable bonds is 6. The zero-order chi connectivity index (χ0) is 12.8. The first kappa shape index (κ1) is 12.8. The Morgan fingerprint density at radius 3 is 2.78 bits per heavy atom. The van der Waals surface area contributed by atoms with Gasteiger partial charge in [0.15, 0.2) is 0 Å². The van der Waals surface area contributed by atoms with Gasteiger partial charge in [-0.1, -0.05) is 18.2 Å². The van der Waals surface area contributed by atoms with Crippen molar-refractivity contribution in [2.45, 2.75) is 25.9 Å². The van der Waals surface area contributed by atoms with Gasteiger partial charge < -0.3 is 10.4 Å². The highest BCUT2D eigenvalue weighted by atomic mass is 16.3. The van der Waals surface area contributed by atoms with Crippen molar-refractivity contribution < 1.29 is 5.11 Å². The van der Waals surface area contributed by atoms with E-state index in [1.54, 1.807) is 0 Å². The monoisotopic (exact) mass is 245 g/mol. The van der Waals surface area contributed by atoms with Crippen LogP contribution in [0.3, 0.4) is 0 Å². The van der Waals surface area contributed by atoms with Crippen LogP contribution in [-0.4, -0.2) is 27.5 Å². The summed E-state index contributed by atoms with van der Waals surface area (Å²) in [4.78, 5) is 0. The topological polar surface area (TPSA) is 50.1 Å². The van der Waals surface area contributed by atoms with Gasteiger partial charge in [-0.05, 0) is 31.5 Å². The quantitative estimate of drug-likeness (QED) is 0.815. The second kappa shape index (κ2) is 6.33. The fourth-order valence-electron chi connectivity index (χ4n) is 1.76. The summed E-state index contributed by atoms with van der Waals surface area (Å²) in [5.74, 6) is 0. The molecule has 0 saturated heterocycles. The maximum absolute atomic E-state index is 8.83. The minimum absolute atomic E-state index is 0.215. The summed E-state index contributed by atoms with van der Waals surface area (Å²) < 4.78 is 1.87. The Kier molecular flexibility index (Phi) is 4.50. The van der Waals surface area contributed by atoms with Crippen molar-refractivity contribution in [1.82, 2.24) is 15.1 Å². The van der Waals surface area contributed by atoms with Crippen molar-refractivity contribution in [2.75, 3.05) is 6.61 Å². The van der Waals surface area contributed by atoms with Gasteiger partial charge in [0.2, 0.25) is 0 Å². The molecule has 1 heterocycles. The van der Waals surface area contributed by atoms with Crippen molar-refractivity contribution in [3.05, 3.63) is 48.3 Å². The Morgan fingerprint density at radius 1 is 1.28 bits per heavy atom. The van der Waals surface area contributed by atoms with Gasteiger partial charge in [0.25, 0.3) is 0 Å². The van der Waals surface area contributed by atoms with Gasteiger partial charge in [-0.25, -0.2) is 4.68 Å². The highest BCUT2D eigenvalue weighted by Crippen LogP contribution is 2.06. The summed E-state index contributed by atoms with van der Waals surface area (Å²) in [5.41, 5.74) is 2.07. The average molecular weight is 245 g/mol. The van der Waals surface area contributed by atoms with Crippen molar-refractivity contribution in [2.24, 2.45) is 0 Å². The lowest BCUT2D eigenvalue weighted by atomic mass is 10.2. The largest absolute Gasteiger partial charge is 0.396 e. The van der Waals surface area contributed by atoms with Crippen LogP contribution in [0, 0.1) is 0 Å². The first-order chi connectivity index (χ1) is 8.79. The van der Waals surface area contributed by atoms with E-state index in [1.165, 1.54) is 0 Å². The minimum Gasteiger partial charge on any atom is -0.396 e. The third kappa shape index (κ3) is 3.42. The Hall–Kier alpha value is -1.65. The molecule has 0 radical (unpaired) electrons. The molecule has 2 rings (SSSR count). The third-order valence-electron chi connectivity index (χ3n) is 2.86. The molecule has 1 aromatic heterocycles. The lowest BCUT2D eigenvalue weighted by Crippen LogP contribution is -2.26. The van der Waals surface area contributed by atoms with E-state index in [-0.39, 0.29) is 6.61 Å². The molecule has 4 heteroatoms.